The van der Waals surface area contributed by atoms with Crippen LogP contribution in [0.25, 0.3) is 5.69 Å². The van der Waals surface area contributed by atoms with Gasteiger partial charge < -0.3 is 11.1 Å². The molecule has 2 rings (SSSR count). The minimum Gasteiger partial charge on any atom is -0.351 e. The van der Waals surface area contributed by atoms with Crippen LogP contribution in [0.5, 0.6) is 0 Å². The Morgan fingerprint density at radius 1 is 1.39 bits per heavy atom. The molecule has 1 aromatic heterocycles. The summed E-state index contributed by atoms with van der Waals surface area (Å²) in [6, 6.07) is 9.70. The number of para-hydroxylation sites is 1. The molecule has 0 aliphatic heterocycles. The minimum atomic E-state index is -0.139. The van der Waals surface area contributed by atoms with Crippen LogP contribution in [-0.2, 0) is 0 Å². The zero-order valence-corrected chi connectivity index (χ0v) is 10.3. The molecule has 0 aliphatic rings. The summed E-state index contributed by atoms with van der Waals surface area (Å²) in [5.74, 6) is -0.139. The van der Waals surface area contributed by atoms with Gasteiger partial charge in [0.1, 0.15) is 0 Å². The fourth-order valence-electron chi connectivity index (χ4n) is 1.74. The molecule has 1 amide bonds. The molecule has 0 bridgehead atoms. The third kappa shape index (κ3) is 2.41. The van der Waals surface area contributed by atoms with E-state index in [0.29, 0.717) is 18.7 Å². The van der Waals surface area contributed by atoms with Crippen LogP contribution in [0.3, 0.4) is 0 Å². The first-order valence-corrected chi connectivity index (χ1v) is 5.82. The Labute approximate surface area is 106 Å². The molecule has 0 unspecified atom stereocenters. The molecule has 5 nitrogen and oxygen atoms in total. The Balaban J connectivity index is 2.27. The largest absolute Gasteiger partial charge is 0.351 e. The van der Waals surface area contributed by atoms with Gasteiger partial charge in [-0.15, -0.1) is 0 Å². The average molecular weight is 244 g/mol. The van der Waals surface area contributed by atoms with Crippen LogP contribution in [0.1, 0.15) is 16.1 Å². The Hall–Kier alpha value is -2.14. The Kier molecular flexibility index (Phi) is 3.74. The number of rotatable bonds is 4. The molecule has 0 fully saturated rings. The highest BCUT2D eigenvalue weighted by atomic mass is 16.1. The predicted molar refractivity (Wildman–Crippen MR) is 69.7 cm³/mol. The van der Waals surface area contributed by atoms with Gasteiger partial charge in [0.05, 0.1) is 23.1 Å². The van der Waals surface area contributed by atoms with E-state index in [1.165, 1.54) is 0 Å². The first-order valence-electron chi connectivity index (χ1n) is 5.82. The molecule has 94 valence electrons. The summed E-state index contributed by atoms with van der Waals surface area (Å²) in [6.45, 7) is 2.77. The van der Waals surface area contributed by atoms with Crippen LogP contribution in [0.4, 0.5) is 0 Å². The van der Waals surface area contributed by atoms with Crippen molar-refractivity contribution in [3.05, 3.63) is 47.8 Å². The van der Waals surface area contributed by atoms with Gasteiger partial charge in [-0.05, 0) is 19.1 Å². The van der Waals surface area contributed by atoms with Crippen molar-refractivity contribution in [3.8, 4) is 5.69 Å². The van der Waals surface area contributed by atoms with E-state index in [9.17, 15) is 4.79 Å². The summed E-state index contributed by atoms with van der Waals surface area (Å²) in [6.07, 6.45) is 1.58. The molecule has 3 N–H and O–H groups in total. The topological polar surface area (TPSA) is 72.9 Å². The van der Waals surface area contributed by atoms with Crippen LogP contribution in [0.2, 0.25) is 0 Å². The predicted octanol–water partition coefficient (Wildman–Crippen LogP) is 0.869. The van der Waals surface area contributed by atoms with Gasteiger partial charge in [-0.25, -0.2) is 4.68 Å². The number of amides is 1. The van der Waals surface area contributed by atoms with Gasteiger partial charge in [0.2, 0.25) is 0 Å². The monoisotopic (exact) mass is 244 g/mol. The van der Waals surface area contributed by atoms with Gasteiger partial charge in [-0.3, -0.25) is 4.79 Å². The molecule has 0 aliphatic carbocycles. The highest BCUT2D eigenvalue weighted by molar-refractivity contribution is 5.95. The maximum atomic E-state index is 11.8. The van der Waals surface area contributed by atoms with Crippen molar-refractivity contribution in [3.63, 3.8) is 0 Å². The van der Waals surface area contributed by atoms with E-state index < -0.39 is 0 Å². The molecule has 5 heteroatoms. The molecule has 2 aromatic rings. The lowest BCUT2D eigenvalue weighted by molar-refractivity contribution is 0.0954. The van der Waals surface area contributed by atoms with Crippen molar-refractivity contribution in [2.45, 2.75) is 6.92 Å². The molecule has 0 atom stereocenters. The second-order valence-corrected chi connectivity index (χ2v) is 3.94. The lowest BCUT2D eigenvalue weighted by atomic mass is 10.2. The van der Waals surface area contributed by atoms with Crippen molar-refractivity contribution in [2.24, 2.45) is 5.73 Å². The number of hydrogen-bond acceptors (Lipinski definition) is 3. The molecule has 1 heterocycles. The zero-order chi connectivity index (χ0) is 13.0. The normalized spacial score (nSPS) is 10.3. The van der Waals surface area contributed by atoms with Gasteiger partial charge in [0, 0.05) is 13.1 Å². The van der Waals surface area contributed by atoms with E-state index in [4.69, 9.17) is 5.73 Å². The Morgan fingerprint density at radius 2 is 2.11 bits per heavy atom. The first kappa shape index (κ1) is 12.3. The van der Waals surface area contributed by atoms with Crippen LogP contribution in [-0.4, -0.2) is 28.8 Å². The van der Waals surface area contributed by atoms with E-state index >= 15 is 0 Å². The summed E-state index contributed by atoms with van der Waals surface area (Å²) in [5, 5.41) is 6.98. The molecule has 0 saturated heterocycles. The highest BCUT2D eigenvalue weighted by Crippen LogP contribution is 2.13. The van der Waals surface area contributed by atoms with Crippen LogP contribution < -0.4 is 11.1 Å². The van der Waals surface area contributed by atoms with E-state index in [1.807, 2.05) is 37.3 Å². The molecular weight excluding hydrogens is 228 g/mol. The number of nitrogens with zero attached hydrogens (tertiary/aromatic N) is 2. The van der Waals surface area contributed by atoms with E-state index in [2.05, 4.69) is 10.4 Å². The van der Waals surface area contributed by atoms with Crippen molar-refractivity contribution < 1.29 is 4.79 Å². The smallest absolute Gasteiger partial charge is 0.254 e. The lowest BCUT2D eigenvalue weighted by Crippen LogP contribution is -2.29. The fourth-order valence-corrected chi connectivity index (χ4v) is 1.74. The highest BCUT2D eigenvalue weighted by Gasteiger charge is 2.14. The Morgan fingerprint density at radius 3 is 2.78 bits per heavy atom. The van der Waals surface area contributed by atoms with E-state index in [0.717, 1.165) is 11.4 Å². The van der Waals surface area contributed by atoms with Crippen molar-refractivity contribution >= 4 is 5.91 Å². The summed E-state index contributed by atoms with van der Waals surface area (Å²) in [4.78, 5) is 11.8. The first-order chi connectivity index (χ1) is 8.74. The fraction of sp³-hybridized carbons (Fsp3) is 0.231. The summed E-state index contributed by atoms with van der Waals surface area (Å²) >= 11 is 0. The van der Waals surface area contributed by atoms with E-state index in [-0.39, 0.29) is 5.91 Å². The zero-order valence-electron chi connectivity index (χ0n) is 10.3. The molecular formula is C13H16N4O. The summed E-state index contributed by atoms with van der Waals surface area (Å²) < 4.78 is 1.75. The molecule has 0 radical (unpaired) electrons. The number of carbonyl (C=O) groups is 1. The van der Waals surface area contributed by atoms with Crippen LogP contribution >= 0.6 is 0 Å². The van der Waals surface area contributed by atoms with Gasteiger partial charge >= 0.3 is 0 Å². The van der Waals surface area contributed by atoms with Crippen LogP contribution in [0.15, 0.2) is 36.5 Å². The van der Waals surface area contributed by atoms with Gasteiger partial charge in [-0.1, -0.05) is 18.2 Å². The number of hydrogen-bond donors (Lipinski definition) is 2. The maximum absolute atomic E-state index is 11.8. The lowest BCUT2D eigenvalue weighted by Gasteiger charge is -2.05. The molecule has 1 aromatic carbocycles. The second-order valence-electron chi connectivity index (χ2n) is 3.94. The van der Waals surface area contributed by atoms with Crippen LogP contribution in [0, 0.1) is 6.92 Å². The molecule has 0 saturated carbocycles. The third-order valence-electron chi connectivity index (χ3n) is 2.69. The summed E-state index contributed by atoms with van der Waals surface area (Å²) in [5.41, 5.74) is 7.68. The SMILES string of the molecule is Cc1c(C(=O)NCCN)cnn1-c1ccccc1. The number of nitrogens with two attached hydrogens (primary N) is 1. The average Bonchev–Trinajstić information content (AvgIpc) is 2.79. The number of nitrogens with one attached hydrogen (secondary N) is 1. The van der Waals surface area contributed by atoms with Gasteiger partial charge in [0.25, 0.3) is 5.91 Å². The number of benzene rings is 1. The van der Waals surface area contributed by atoms with E-state index in [1.54, 1.807) is 10.9 Å². The molecule has 18 heavy (non-hydrogen) atoms. The quantitative estimate of drug-likeness (QED) is 0.838. The Bertz CT molecular complexity index is 533. The standard InChI is InChI=1S/C13H16N4O/c1-10-12(13(18)15-8-7-14)9-16-17(10)11-5-3-2-4-6-11/h2-6,9H,7-8,14H2,1H3,(H,15,18). The second kappa shape index (κ2) is 5.46. The maximum Gasteiger partial charge on any atom is 0.254 e. The van der Waals surface area contributed by atoms with Gasteiger partial charge in [-0.2, -0.15) is 5.10 Å². The third-order valence-corrected chi connectivity index (χ3v) is 2.69. The number of carbonyl (C=O) groups excluding carboxylic acids is 1. The van der Waals surface area contributed by atoms with Gasteiger partial charge in [0.15, 0.2) is 0 Å². The minimum absolute atomic E-state index is 0.139. The van der Waals surface area contributed by atoms with Crippen molar-refractivity contribution in [2.75, 3.05) is 13.1 Å². The summed E-state index contributed by atoms with van der Waals surface area (Å²) in [7, 11) is 0. The number of aromatic nitrogens is 2. The molecule has 0 spiro atoms. The van der Waals surface area contributed by atoms with Crippen molar-refractivity contribution in [1.29, 1.82) is 0 Å². The van der Waals surface area contributed by atoms with Crippen molar-refractivity contribution in [1.82, 2.24) is 15.1 Å².